The molecular formula is C4H5Cl3. The number of hydrogen-bond donors (Lipinski definition) is 0. The summed E-state index contributed by atoms with van der Waals surface area (Å²) >= 11 is 16.7. The molecule has 0 aromatic heterocycles. The second kappa shape index (κ2) is 2.00. The molecule has 1 saturated carbocycles. The first-order valence-electron chi connectivity index (χ1n) is 2.14. The van der Waals surface area contributed by atoms with Gasteiger partial charge in [-0.05, 0) is 6.42 Å². The molecule has 0 N–H and O–H groups in total. The first kappa shape index (κ1) is 6.00. The lowest BCUT2D eigenvalue weighted by molar-refractivity contribution is 0.534. The van der Waals surface area contributed by atoms with Gasteiger partial charge in [-0.25, -0.2) is 0 Å². The number of rotatable bonds is 0. The summed E-state index contributed by atoms with van der Waals surface area (Å²) in [4.78, 5) is 0. The van der Waals surface area contributed by atoms with Crippen LogP contribution in [0.25, 0.3) is 0 Å². The van der Waals surface area contributed by atoms with Crippen LogP contribution in [-0.4, -0.2) is 16.1 Å². The number of halogens is 3. The van der Waals surface area contributed by atoms with Gasteiger partial charge in [0.2, 0.25) is 0 Å². The van der Waals surface area contributed by atoms with Crippen molar-refractivity contribution < 1.29 is 0 Å². The average molecular weight is 159 g/mol. The van der Waals surface area contributed by atoms with Crippen LogP contribution in [0, 0.1) is 0 Å². The molecule has 2 unspecified atom stereocenters. The highest BCUT2D eigenvalue weighted by atomic mass is 35.5. The fourth-order valence-electron chi connectivity index (χ4n) is 0.506. The zero-order valence-electron chi connectivity index (χ0n) is 3.57. The van der Waals surface area contributed by atoms with Gasteiger partial charge in [-0.2, -0.15) is 0 Å². The van der Waals surface area contributed by atoms with Crippen molar-refractivity contribution in [3.63, 3.8) is 0 Å². The van der Waals surface area contributed by atoms with Crippen LogP contribution in [0.3, 0.4) is 0 Å². The average Bonchev–Trinajstić information content (AvgIpc) is 1.68. The van der Waals surface area contributed by atoms with Crippen molar-refractivity contribution in [1.29, 1.82) is 0 Å². The Morgan fingerprint density at radius 3 is 1.43 bits per heavy atom. The molecule has 3 heteroatoms. The molecule has 0 spiro atoms. The SMILES string of the molecule is ClC1CC(Cl)C1Cl. The Morgan fingerprint density at radius 1 is 1.00 bits per heavy atom. The van der Waals surface area contributed by atoms with Gasteiger partial charge in [0.25, 0.3) is 0 Å². The summed E-state index contributed by atoms with van der Waals surface area (Å²) in [6, 6.07) is 0. The second-order valence-corrected chi connectivity index (χ2v) is 3.34. The van der Waals surface area contributed by atoms with Crippen molar-refractivity contribution in [2.45, 2.75) is 22.6 Å². The minimum Gasteiger partial charge on any atom is -0.121 e. The van der Waals surface area contributed by atoms with Crippen LogP contribution in [0.1, 0.15) is 6.42 Å². The van der Waals surface area contributed by atoms with Crippen LogP contribution in [0.2, 0.25) is 0 Å². The normalized spacial score (nSPS) is 51.0. The van der Waals surface area contributed by atoms with E-state index in [1.165, 1.54) is 0 Å². The minimum atomic E-state index is 0.00309. The lowest BCUT2D eigenvalue weighted by atomic mass is 9.98. The largest absolute Gasteiger partial charge is 0.121 e. The van der Waals surface area contributed by atoms with Gasteiger partial charge < -0.3 is 0 Å². The lowest BCUT2D eigenvalue weighted by Gasteiger charge is -2.31. The zero-order chi connectivity index (χ0) is 5.44. The Kier molecular flexibility index (Phi) is 1.72. The van der Waals surface area contributed by atoms with E-state index in [1.807, 2.05) is 0 Å². The molecule has 0 nitrogen and oxygen atoms in total. The molecule has 42 valence electrons. The maximum atomic E-state index is 5.59. The van der Waals surface area contributed by atoms with Gasteiger partial charge in [0.1, 0.15) is 0 Å². The van der Waals surface area contributed by atoms with E-state index >= 15 is 0 Å². The number of alkyl halides is 3. The van der Waals surface area contributed by atoms with Gasteiger partial charge >= 0.3 is 0 Å². The first-order valence-corrected chi connectivity index (χ1v) is 3.45. The van der Waals surface area contributed by atoms with Crippen molar-refractivity contribution in [3.8, 4) is 0 Å². The topological polar surface area (TPSA) is 0 Å². The van der Waals surface area contributed by atoms with Crippen LogP contribution in [-0.2, 0) is 0 Å². The Bertz CT molecular complexity index is 65.3. The second-order valence-electron chi connectivity index (χ2n) is 1.71. The molecule has 1 fully saturated rings. The predicted molar refractivity (Wildman–Crippen MR) is 33.5 cm³/mol. The summed E-state index contributed by atoms with van der Waals surface area (Å²) in [7, 11) is 0. The minimum absolute atomic E-state index is 0.00309. The summed E-state index contributed by atoms with van der Waals surface area (Å²) in [6.45, 7) is 0. The number of hydrogen-bond acceptors (Lipinski definition) is 0. The maximum absolute atomic E-state index is 5.59. The summed E-state index contributed by atoms with van der Waals surface area (Å²) in [6.07, 6.45) is 0.858. The van der Waals surface area contributed by atoms with E-state index in [0.29, 0.717) is 0 Å². The van der Waals surface area contributed by atoms with Gasteiger partial charge in [-0.1, -0.05) is 0 Å². The molecule has 0 amide bonds. The molecule has 1 aliphatic carbocycles. The Morgan fingerprint density at radius 2 is 1.43 bits per heavy atom. The third kappa shape index (κ3) is 0.984. The highest BCUT2D eigenvalue weighted by molar-refractivity contribution is 6.37. The molecule has 0 aromatic rings. The van der Waals surface area contributed by atoms with E-state index < -0.39 is 0 Å². The summed E-state index contributed by atoms with van der Waals surface area (Å²) in [5.41, 5.74) is 0. The smallest absolute Gasteiger partial charge is 0.0664 e. The third-order valence-electron chi connectivity index (χ3n) is 1.14. The van der Waals surface area contributed by atoms with Gasteiger partial charge in [0.05, 0.1) is 16.1 Å². The fourth-order valence-corrected chi connectivity index (χ4v) is 1.61. The summed E-state index contributed by atoms with van der Waals surface area (Å²) < 4.78 is 0. The monoisotopic (exact) mass is 158 g/mol. The van der Waals surface area contributed by atoms with E-state index in [2.05, 4.69) is 0 Å². The van der Waals surface area contributed by atoms with Crippen LogP contribution < -0.4 is 0 Å². The Hall–Kier alpha value is 0.870. The Balaban J connectivity index is 2.29. The molecule has 0 radical (unpaired) electrons. The van der Waals surface area contributed by atoms with Crippen molar-refractivity contribution in [3.05, 3.63) is 0 Å². The molecule has 0 aliphatic heterocycles. The molecule has 7 heavy (non-hydrogen) atoms. The molecule has 0 aromatic carbocycles. The van der Waals surface area contributed by atoms with Gasteiger partial charge in [0.15, 0.2) is 0 Å². The Labute approximate surface area is 57.7 Å². The van der Waals surface area contributed by atoms with Crippen molar-refractivity contribution in [1.82, 2.24) is 0 Å². The molecule has 0 heterocycles. The van der Waals surface area contributed by atoms with Gasteiger partial charge in [-0.15, -0.1) is 34.8 Å². The molecule has 1 aliphatic rings. The quantitative estimate of drug-likeness (QED) is 0.476. The summed E-state index contributed by atoms with van der Waals surface area (Å²) in [5, 5.41) is 0.233. The van der Waals surface area contributed by atoms with Crippen LogP contribution in [0.15, 0.2) is 0 Å². The van der Waals surface area contributed by atoms with Crippen molar-refractivity contribution in [2.75, 3.05) is 0 Å². The van der Waals surface area contributed by atoms with E-state index in [9.17, 15) is 0 Å². The summed E-state index contributed by atoms with van der Waals surface area (Å²) in [5.74, 6) is 0. The zero-order valence-corrected chi connectivity index (χ0v) is 5.84. The molecular weight excluding hydrogens is 154 g/mol. The predicted octanol–water partition coefficient (Wildman–Crippen LogP) is 2.21. The standard InChI is InChI=1S/C4H5Cl3/c5-2-1-3(6)4(2)7/h2-4H,1H2. The van der Waals surface area contributed by atoms with Gasteiger partial charge in [-0.3, -0.25) is 0 Å². The lowest BCUT2D eigenvalue weighted by Crippen LogP contribution is -2.39. The highest BCUT2D eigenvalue weighted by Crippen LogP contribution is 2.34. The van der Waals surface area contributed by atoms with E-state index in [1.54, 1.807) is 0 Å². The van der Waals surface area contributed by atoms with Gasteiger partial charge in [0, 0.05) is 0 Å². The first-order chi connectivity index (χ1) is 3.22. The molecule has 0 saturated heterocycles. The molecule has 0 bridgehead atoms. The molecule has 2 atom stereocenters. The van der Waals surface area contributed by atoms with Crippen LogP contribution >= 0.6 is 34.8 Å². The van der Waals surface area contributed by atoms with E-state index in [-0.39, 0.29) is 16.1 Å². The molecule has 1 rings (SSSR count). The highest BCUT2D eigenvalue weighted by Gasteiger charge is 2.36. The third-order valence-corrected chi connectivity index (χ3v) is 2.91. The van der Waals surface area contributed by atoms with E-state index in [0.717, 1.165) is 6.42 Å². The maximum Gasteiger partial charge on any atom is 0.0664 e. The van der Waals surface area contributed by atoms with Crippen LogP contribution in [0.4, 0.5) is 0 Å². The van der Waals surface area contributed by atoms with E-state index in [4.69, 9.17) is 34.8 Å². The van der Waals surface area contributed by atoms with Crippen molar-refractivity contribution in [2.24, 2.45) is 0 Å². The van der Waals surface area contributed by atoms with Crippen molar-refractivity contribution >= 4 is 34.8 Å². The van der Waals surface area contributed by atoms with Crippen LogP contribution in [0.5, 0.6) is 0 Å². The fraction of sp³-hybridized carbons (Fsp3) is 1.00.